The number of amides is 1. The predicted molar refractivity (Wildman–Crippen MR) is 116 cm³/mol. The number of anilines is 1. The number of carbonyl (C=O) groups excluding carboxylic acids is 1. The Balaban J connectivity index is 1.59. The van der Waals surface area contributed by atoms with Crippen molar-refractivity contribution in [3.63, 3.8) is 0 Å². The molecule has 1 saturated heterocycles. The molecular formula is C21H28N8O2. The molecule has 3 aromatic heterocycles. The number of fused-ring (bicyclic) bond motifs is 1. The topological polar surface area (TPSA) is 112 Å². The molecule has 4 heterocycles. The quantitative estimate of drug-likeness (QED) is 0.597. The zero-order chi connectivity index (χ0) is 22.0. The van der Waals surface area contributed by atoms with Gasteiger partial charge in [0, 0.05) is 56.8 Å². The van der Waals surface area contributed by atoms with Gasteiger partial charge < -0.3 is 15.3 Å². The Bertz CT molecular complexity index is 1050. The van der Waals surface area contributed by atoms with Crippen LogP contribution in [-0.4, -0.2) is 80.3 Å². The summed E-state index contributed by atoms with van der Waals surface area (Å²) in [5.74, 6) is 1.27. The van der Waals surface area contributed by atoms with Crippen molar-refractivity contribution < 1.29 is 9.90 Å². The standard InChI is InChI=1S/C21H28N8O2/c1-21(2,14-30)13-24-19(31)15-5-6-17-25-26-18(29(17)11-15)16-12-28(10-9-27(16)3)20-22-7-4-8-23-20/h4-8,11,16,30H,9-10,12-14H2,1-3H3,(H,24,31)/t16-/m1/s1. The van der Waals surface area contributed by atoms with E-state index in [0.29, 0.717) is 30.2 Å². The van der Waals surface area contributed by atoms with E-state index in [0.717, 1.165) is 18.9 Å². The van der Waals surface area contributed by atoms with Gasteiger partial charge in [0.1, 0.15) is 0 Å². The van der Waals surface area contributed by atoms with Crippen LogP contribution in [0.3, 0.4) is 0 Å². The average molecular weight is 425 g/mol. The molecule has 4 rings (SSSR count). The highest BCUT2D eigenvalue weighted by Crippen LogP contribution is 2.25. The summed E-state index contributed by atoms with van der Waals surface area (Å²) < 4.78 is 1.88. The molecule has 1 fully saturated rings. The lowest BCUT2D eigenvalue weighted by Crippen LogP contribution is -2.48. The van der Waals surface area contributed by atoms with Crippen LogP contribution in [0.15, 0.2) is 36.8 Å². The van der Waals surface area contributed by atoms with Crippen molar-refractivity contribution in [3.8, 4) is 0 Å². The van der Waals surface area contributed by atoms with Crippen LogP contribution in [0.2, 0.25) is 0 Å². The number of nitrogens with one attached hydrogen (secondary N) is 1. The fourth-order valence-electron chi connectivity index (χ4n) is 3.54. The van der Waals surface area contributed by atoms with Crippen LogP contribution in [0.1, 0.15) is 36.1 Å². The summed E-state index contributed by atoms with van der Waals surface area (Å²) >= 11 is 0. The van der Waals surface area contributed by atoms with Crippen molar-refractivity contribution in [1.29, 1.82) is 0 Å². The molecule has 0 aromatic carbocycles. The van der Waals surface area contributed by atoms with Crippen LogP contribution in [0.5, 0.6) is 0 Å². The number of aliphatic hydroxyl groups excluding tert-OH is 1. The third-order valence-electron chi connectivity index (χ3n) is 5.63. The van der Waals surface area contributed by atoms with Gasteiger partial charge in [-0.2, -0.15) is 0 Å². The summed E-state index contributed by atoms with van der Waals surface area (Å²) in [6.45, 7) is 6.49. The van der Waals surface area contributed by atoms with Crippen LogP contribution in [-0.2, 0) is 0 Å². The Labute approximate surface area is 180 Å². The van der Waals surface area contributed by atoms with E-state index in [-0.39, 0.29) is 24.0 Å². The van der Waals surface area contributed by atoms with Gasteiger partial charge in [0.15, 0.2) is 11.5 Å². The molecule has 1 amide bonds. The van der Waals surface area contributed by atoms with Gasteiger partial charge in [-0.3, -0.25) is 14.1 Å². The van der Waals surface area contributed by atoms with Crippen LogP contribution < -0.4 is 10.2 Å². The van der Waals surface area contributed by atoms with E-state index in [4.69, 9.17) is 0 Å². The third kappa shape index (κ3) is 4.49. The van der Waals surface area contributed by atoms with E-state index in [2.05, 4.69) is 42.3 Å². The fraction of sp³-hybridized carbons (Fsp3) is 0.476. The number of likely N-dealkylation sites (N-methyl/N-ethyl adjacent to an activating group) is 1. The number of piperazine rings is 1. The van der Waals surface area contributed by atoms with Crippen molar-refractivity contribution >= 4 is 17.5 Å². The number of hydrogen-bond donors (Lipinski definition) is 2. The molecule has 2 N–H and O–H groups in total. The second kappa shape index (κ2) is 8.56. The summed E-state index contributed by atoms with van der Waals surface area (Å²) in [4.78, 5) is 25.8. The zero-order valence-electron chi connectivity index (χ0n) is 18.1. The Morgan fingerprint density at radius 2 is 2.00 bits per heavy atom. The van der Waals surface area contributed by atoms with Crippen molar-refractivity contribution in [1.82, 2.24) is 34.8 Å². The molecule has 10 heteroatoms. The SMILES string of the molecule is CN1CCN(c2ncccn2)C[C@@H]1c1nnc2ccc(C(=O)NCC(C)(C)CO)cn12. The summed E-state index contributed by atoms with van der Waals surface area (Å²) in [5, 5.41) is 21.0. The van der Waals surface area contributed by atoms with Gasteiger partial charge in [-0.25, -0.2) is 9.97 Å². The molecule has 10 nitrogen and oxygen atoms in total. The maximum atomic E-state index is 12.7. The number of carbonyl (C=O) groups is 1. The van der Waals surface area contributed by atoms with Crippen LogP contribution in [0, 0.1) is 5.41 Å². The number of aliphatic hydroxyl groups is 1. The van der Waals surface area contributed by atoms with E-state index in [1.54, 1.807) is 36.8 Å². The molecule has 1 aliphatic heterocycles. The Morgan fingerprint density at radius 1 is 1.23 bits per heavy atom. The molecule has 164 valence electrons. The molecule has 0 bridgehead atoms. The molecule has 1 aliphatic rings. The largest absolute Gasteiger partial charge is 0.396 e. The van der Waals surface area contributed by atoms with Gasteiger partial charge in [0.25, 0.3) is 5.91 Å². The molecule has 0 aliphatic carbocycles. The van der Waals surface area contributed by atoms with Crippen LogP contribution in [0.4, 0.5) is 5.95 Å². The van der Waals surface area contributed by atoms with E-state index in [9.17, 15) is 9.90 Å². The molecule has 3 aromatic rings. The minimum Gasteiger partial charge on any atom is -0.396 e. The normalized spacial score (nSPS) is 17.8. The maximum Gasteiger partial charge on any atom is 0.252 e. The molecule has 0 radical (unpaired) electrons. The van der Waals surface area contributed by atoms with Gasteiger partial charge in [-0.1, -0.05) is 13.8 Å². The second-order valence-corrected chi connectivity index (χ2v) is 8.70. The Morgan fingerprint density at radius 3 is 2.74 bits per heavy atom. The van der Waals surface area contributed by atoms with Crippen molar-refractivity contribution in [2.24, 2.45) is 5.41 Å². The van der Waals surface area contributed by atoms with Gasteiger partial charge in [-0.05, 0) is 25.2 Å². The lowest BCUT2D eigenvalue weighted by molar-refractivity contribution is 0.0910. The molecular weight excluding hydrogens is 396 g/mol. The van der Waals surface area contributed by atoms with Gasteiger partial charge >= 0.3 is 0 Å². The van der Waals surface area contributed by atoms with E-state index < -0.39 is 0 Å². The van der Waals surface area contributed by atoms with Crippen molar-refractivity contribution in [2.75, 3.05) is 44.7 Å². The third-order valence-corrected chi connectivity index (χ3v) is 5.63. The van der Waals surface area contributed by atoms with E-state index >= 15 is 0 Å². The molecule has 31 heavy (non-hydrogen) atoms. The Hall–Kier alpha value is -3.11. The fourth-order valence-corrected chi connectivity index (χ4v) is 3.54. The number of pyridine rings is 1. The second-order valence-electron chi connectivity index (χ2n) is 8.70. The summed E-state index contributed by atoms with van der Waals surface area (Å²) in [5.41, 5.74) is 0.822. The van der Waals surface area contributed by atoms with Crippen molar-refractivity contribution in [2.45, 2.75) is 19.9 Å². The minimum absolute atomic E-state index is 0.00243. The van der Waals surface area contributed by atoms with Crippen molar-refractivity contribution in [3.05, 3.63) is 48.2 Å². The number of aromatic nitrogens is 5. The van der Waals surface area contributed by atoms with Gasteiger partial charge in [-0.15, -0.1) is 10.2 Å². The Kier molecular flexibility index (Phi) is 5.84. The average Bonchev–Trinajstić information content (AvgIpc) is 3.21. The highest BCUT2D eigenvalue weighted by atomic mass is 16.3. The summed E-state index contributed by atoms with van der Waals surface area (Å²) in [7, 11) is 2.06. The van der Waals surface area contributed by atoms with E-state index in [1.807, 2.05) is 18.2 Å². The van der Waals surface area contributed by atoms with Gasteiger partial charge in [0.05, 0.1) is 11.6 Å². The zero-order valence-corrected chi connectivity index (χ0v) is 18.1. The smallest absolute Gasteiger partial charge is 0.252 e. The van der Waals surface area contributed by atoms with Crippen LogP contribution >= 0.6 is 0 Å². The minimum atomic E-state index is -0.380. The first-order valence-electron chi connectivity index (χ1n) is 10.3. The van der Waals surface area contributed by atoms with E-state index in [1.165, 1.54) is 0 Å². The first-order chi connectivity index (χ1) is 14.9. The molecule has 0 spiro atoms. The number of hydrogen-bond acceptors (Lipinski definition) is 8. The highest BCUT2D eigenvalue weighted by Gasteiger charge is 2.30. The number of rotatable bonds is 6. The first-order valence-corrected chi connectivity index (χ1v) is 10.3. The summed E-state index contributed by atoms with van der Waals surface area (Å²) in [6, 6.07) is 5.31. The maximum absolute atomic E-state index is 12.7. The highest BCUT2D eigenvalue weighted by molar-refractivity contribution is 5.94. The monoisotopic (exact) mass is 424 g/mol. The summed E-state index contributed by atoms with van der Waals surface area (Å²) in [6.07, 6.45) is 5.26. The molecule has 1 atom stereocenters. The first kappa shape index (κ1) is 21.1. The predicted octanol–water partition coefficient (Wildman–Crippen LogP) is 0.761. The lowest BCUT2D eigenvalue weighted by Gasteiger charge is -2.38. The number of nitrogens with zero attached hydrogens (tertiary/aromatic N) is 7. The lowest BCUT2D eigenvalue weighted by atomic mass is 9.95. The molecule has 0 saturated carbocycles. The van der Waals surface area contributed by atoms with Crippen LogP contribution in [0.25, 0.3) is 5.65 Å². The molecule has 0 unspecified atom stereocenters. The van der Waals surface area contributed by atoms with Gasteiger partial charge in [0.2, 0.25) is 5.95 Å².